The van der Waals surface area contributed by atoms with Crippen LogP contribution in [0.4, 0.5) is 22.7 Å². The maximum atomic E-state index is 12.0. The van der Waals surface area contributed by atoms with E-state index in [2.05, 4.69) is 20.6 Å². The van der Waals surface area contributed by atoms with E-state index in [1.807, 2.05) is 66.7 Å². The van der Waals surface area contributed by atoms with Crippen LogP contribution in [0.15, 0.2) is 109 Å². The molecule has 14 heteroatoms. The Labute approximate surface area is 334 Å². The summed E-state index contributed by atoms with van der Waals surface area (Å²) in [5, 5.41) is 15.6. The Morgan fingerprint density at radius 3 is 1.57 bits per heavy atom. The summed E-state index contributed by atoms with van der Waals surface area (Å²) in [7, 11) is 3.09. The van der Waals surface area contributed by atoms with Gasteiger partial charge in [0.2, 0.25) is 11.8 Å². The van der Waals surface area contributed by atoms with Gasteiger partial charge in [-0.3, -0.25) is 0 Å². The predicted octanol–water partition coefficient (Wildman–Crippen LogP) is 8.42. The summed E-state index contributed by atoms with van der Waals surface area (Å²) in [4.78, 5) is 32.4. The van der Waals surface area contributed by atoms with E-state index in [0.29, 0.717) is 102 Å². The van der Waals surface area contributed by atoms with E-state index >= 15 is 0 Å². The van der Waals surface area contributed by atoms with Crippen molar-refractivity contribution in [2.75, 3.05) is 57.9 Å². The largest absolute Gasteiger partial charge is 0.486 e. The van der Waals surface area contributed by atoms with Gasteiger partial charge in [0.1, 0.15) is 37.8 Å². The van der Waals surface area contributed by atoms with Gasteiger partial charge in [0, 0.05) is 22.5 Å². The maximum Gasteiger partial charge on any atom is 0.338 e. The molecule has 0 aliphatic carbocycles. The van der Waals surface area contributed by atoms with Gasteiger partial charge in [0.15, 0.2) is 23.0 Å². The first-order valence-corrected chi connectivity index (χ1v) is 18.4. The first-order chi connectivity index (χ1) is 28.3. The lowest BCUT2D eigenvalue weighted by atomic mass is 10.1. The van der Waals surface area contributed by atoms with Crippen molar-refractivity contribution < 1.29 is 47.9 Å². The van der Waals surface area contributed by atoms with Crippen LogP contribution in [0.1, 0.15) is 27.6 Å². The van der Waals surface area contributed by atoms with E-state index in [4.69, 9.17) is 38.3 Å². The number of nitrogens with one attached hydrogen (secondary N) is 2. The van der Waals surface area contributed by atoms with E-state index < -0.39 is 5.97 Å². The Kier molecular flexibility index (Phi) is 12.0. The van der Waals surface area contributed by atoms with E-state index in [-0.39, 0.29) is 11.5 Å². The highest BCUT2D eigenvalue weighted by Crippen LogP contribution is 2.42. The Bertz CT molecular complexity index is 2440. The van der Waals surface area contributed by atoms with E-state index in [1.54, 1.807) is 50.4 Å². The van der Waals surface area contributed by atoms with Gasteiger partial charge in [-0.25, -0.2) is 19.6 Å². The second-order valence-corrected chi connectivity index (χ2v) is 12.6. The molecule has 0 fully saturated rings. The molecule has 2 aromatic heterocycles. The van der Waals surface area contributed by atoms with Crippen molar-refractivity contribution in [3.63, 3.8) is 0 Å². The van der Waals surface area contributed by atoms with Crippen molar-refractivity contribution in [3.05, 3.63) is 120 Å². The third kappa shape index (κ3) is 8.81. The number of pyridine rings is 2. The third-order valence-electron chi connectivity index (χ3n) is 8.83. The van der Waals surface area contributed by atoms with Crippen LogP contribution in [-0.4, -0.2) is 74.3 Å². The van der Waals surface area contributed by atoms with Crippen LogP contribution in [0.3, 0.4) is 0 Å². The van der Waals surface area contributed by atoms with Crippen molar-refractivity contribution >= 4 is 34.7 Å². The number of fused-ring (bicyclic) bond motifs is 2. The van der Waals surface area contributed by atoms with Gasteiger partial charge < -0.3 is 48.9 Å². The lowest BCUT2D eigenvalue weighted by Crippen LogP contribution is -2.16. The van der Waals surface area contributed by atoms with Gasteiger partial charge in [-0.15, -0.1) is 0 Å². The normalized spacial score (nSPS) is 12.3. The molecule has 58 heavy (non-hydrogen) atoms. The summed E-state index contributed by atoms with van der Waals surface area (Å²) in [5.41, 5.74) is 6.35. The second kappa shape index (κ2) is 18.0. The van der Waals surface area contributed by atoms with Crippen LogP contribution in [0, 0.1) is 0 Å². The number of para-hydroxylation sites is 2. The number of anilines is 4. The van der Waals surface area contributed by atoms with Gasteiger partial charge >= 0.3 is 11.9 Å². The first-order valence-electron chi connectivity index (χ1n) is 18.4. The molecule has 6 aromatic rings. The molecular formula is C44H40N4O10. The minimum absolute atomic E-state index is 0.196. The van der Waals surface area contributed by atoms with Crippen LogP contribution in [0.2, 0.25) is 0 Å². The maximum absolute atomic E-state index is 12.0. The molecule has 2 aliphatic heterocycles. The minimum Gasteiger partial charge on any atom is -0.486 e. The Morgan fingerprint density at radius 1 is 0.621 bits per heavy atom. The van der Waals surface area contributed by atoms with Crippen LogP contribution < -0.4 is 39.1 Å². The highest BCUT2D eigenvalue weighted by atomic mass is 16.6. The summed E-state index contributed by atoms with van der Waals surface area (Å²) in [5.74, 6) is 2.20. The van der Waals surface area contributed by atoms with Crippen LogP contribution in [0.5, 0.6) is 34.8 Å². The van der Waals surface area contributed by atoms with Gasteiger partial charge in [0.25, 0.3) is 0 Å². The summed E-state index contributed by atoms with van der Waals surface area (Å²) in [6.07, 6.45) is 0. The molecule has 0 bridgehead atoms. The van der Waals surface area contributed by atoms with E-state index in [1.165, 1.54) is 13.2 Å². The molecule has 2 aliphatic rings. The first kappa shape index (κ1) is 38.8. The number of aromatic carboxylic acids is 1. The van der Waals surface area contributed by atoms with Gasteiger partial charge in [-0.05, 0) is 91.9 Å². The zero-order valence-corrected chi connectivity index (χ0v) is 31.9. The number of carboxylic acid groups (broad SMARTS) is 1. The molecule has 0 saturated carbocycles. The standard InChI is InChI=1S/C23H22N2O5.C21H18N2O5/c1-3-28-23(26)15-6-4-7-16(14-15)24-19-11-10-18(25-22(19)27-2)17-8-5-9-20-21(17)30-13-12-29-20;1-26-20-17(22-14-5-2-4-13(12-14)21(24)25)9-8-16(23-20)15-6-3-7-18-19(15)28-11-10-27-18/h4-11,14,24H,3,12-13H2,1-2H3;2-9,12,22H,10-11H2,1H3,(H,24,25). The smallest absolute Gasteiger partial charge is 0.338 e. The molecule has 0 atom stereocenters. The number of carbonyl (C=O) groups is 2. The van der Waals surface area contributed by atoms with Gasteiger partial charge in [-0.1, -0.05) is 24.3 Å². The monoisotopic (exact) mass is 784 g/mol. The topological polar surface area (TPSA) is 169 Å². The summed E-state index contributed by atoms with van der Waals surface area (Å²) < 4.78 is 38.9. The number of hydrogen-bond acceptors (Lipinski definition) is 13. The number of aromatic nitrogens is 2. The third-order valence-corrected chi connectivity index (χ3v) is 8.83. The fourth-order valence-corrected chi connectivity index (χ4v) is 6.21. The molecule has 4 aromatic carbocycles. The molecule has 0 unspecified atom stereocenters. The average Bonchev–Trinajstić information content (AvgIpc) is 3.27. The number of nitrogens with zero attached hydrogens (tertiary/aromatic N) is 2. The number of carbonyl (C=O) groups excluding carboxylic acids is 1. The fraction of sp³-hybridized carbons (Fsp3) is 0.182. The molecule has 0 spiro atoms. The molecule has 0 amide bonds. The molecule has 8 rings (SSSR count). The molecule has 0 saturated heterocycles. The number of benzene rings is 4. The van der Waals surface area contributed by atoms with Crippen LogP contribution in [0.25, 0.3) is 22.5 Å². The molecule has 296 valence electrons. The number of ether oxygens (including phenoxy) is 7. The minimum atomic E-state index is -0.986. The van der Waals surface area contributed by atoms with Crippen molar-refractivity contribution in [1.82, 2.24) is 9.97 Å². The number of rotatable bonds is 11. The Hall–Kier alpha value is -7.48. The number of hydrogen-bond donors (Lipinski definition) is 3. The molecule has 4 heterocycles. The van der Waals surface area contributed by atoms with Crippen molar-refractivity contribution in [2.24, 2.45) is 0 Å². The van der Waals surface area contributed by atoms with Gasteiger partial charge in [0.05, 0.1) is 43.3 Å². The van der Waals surface area contributed by atoms with E-state index in [0.717, 1.165) is 16.8 Å². The average molecular weight is 785 g/mol. The molecule has 14 nitrogen and oxygen atoms in total. The highest BCUT2D eigenvalue weighted by Gasteiger charge is 2.21. The summed E-state index contributed by atoms with van der Waals surface area (Å²) in [6, 6.07) is 32.4. The lowest BCUT2D eigenvalue weighted by Gasteiger charge is -2.21. The quantitative estimate of drug-likeness (QED) is 0.107. The zero-order valence-electron chi connectivity index (χ0n) is 31.9. The van der Waals surface area contributed by atoms with Crippen LogP contribution >= 0.6 is 0 Å². The Balaban J connectivity index is 0.000000177. The fourth-order valence-electron chi connectivity index (χ4n) is 6.21. The highest BCUT2D eigenvalue weighted by molar-refractivity contribution is 5.91. The number of esters is 1. The Morgan fingerprint density at radius 2 is 1.09 bits per heavy atom. The summed E-state index contributed by atoms with van der Waals surface area (Å²) in [6.45, 7) is 4.14. The van der Waals surface area contributed by atoms with Crippen molar-refractivity contribution in [3.8, 4) is 57.3 Å². The molecular weight excluding hydrogens is 745 g/mol. The predicted molar refractivity (Wildman–Crippen MR) is 217 cm³/mol. The number of methoxy groups -OCH3 is 2. The SMILES string of the molecule is CCOC(=O)c1cccc(Nc2ccc(-c3cccc4c3OCCO4)nc2OC)c1.COc1nc(-c2cccc3c2OCCO3)ccc1Nc1cccc(C(=O)O)c1. The number of carboxylic acids is 1. The van der Waals surface area contributed by atoms with Gasteiger partial charge in [-0.2, -0.15) is 0 Å². The van der Waals surface area contributed by atoms with Crippen LogP contribution in [-0.2, 0) is 4.74 Å². The van der Waals surface area contributed by atoms with Crippen molar-refractivity contribution in [1.29, 1.82) is 0 Å². The van der Waals surface area contributed by atoms with Crippen molar-refractivity contribution in [2.45, 2.75) is 6.92 Å². The molecule has 0 radical (unpaired) electrons. The van der Waals surface area contributed by atoms with E-state index in [9.17, 15) is 9.59 Å². The second-order valence-electron chi connectivity index (χ2n) is 12.6. The zero-order chi connectivity index (χ0) is 40.4. The molecule has 3 N–H and O–H groups in total. The summed E-state index contributed by atoms with van der Waals surface area (Å²) >= 11 is 0. The lowest BCUT2D eigenvalue weighted by molar-refractivity contribution is 0.0525.